The first-order chi connectivity index (χ1) is 11.1. The molecule has 1 atom stereocenters. The molecule has 0 aromatic heterocycles. The number of halogens is 3. The summed E-state index contributed by atoms with van der Waals surface area (Å²) in [6.07, 6.45) is 1.68. The monoisotopic (exact) mass is 351 g/mol. The molecule has 2 nitrogen and oxygen atoms in total. The van der Waals surface area contributed by atoms with E-state index >= 15 is 0 Å². The Bertz CT molecular complexity index is 695. The molecule has 0 amide bonds. The standard InChI is InChI=1S/C19H19F2NO.ClH/c1-2-19(16-8-9-17(20)18(21)12-16)14-22(10-11-23-19)13-15-6-4-3-5-7-15;/h2-9,12H,1,10-11,13-14H2;1H/t19-;/m0./s1. The van der Waals surface area contributed by atoms with Gasteiger partial charge in [-0.25, -0.2) is 8.78 Å². The number of hydrogen-bond donors (Lipinski definition) is 0. The first kappa shape index (κ1) is 18.6. The smallest absolute Gasteiger partial charge is 0.159 e. The van der Waals surface area contributed by atoms with Gasteiger partial charge in [0.25, 0.3) is 0 Å². The fourth-order valence-electron chi connectivity index (χ4n) is 2.97. The molecular formula is C19H20ClF2NO. The van der Waals surface area contributed by atoms with Gasteiger partial charge in [0.05, 0.1) is 6.61 Å². The van der Waals surface area contributed by atoms with Crippen LogP contribution < -0.4 is 0 Å². The van der Waals surface area contributed by atoms with Crippen LogP contribution in [0.25, 0.3) is 0 Å². The van der Waals surface area contributed by atoms with Gasteiger partial charge in [0.1, 0.15) is 5.60 Å². The predicted octanol–water partition coefficient (Wildman–Crippen LogP) is 4.30. The lowest BCUT2D eigenvalue weighted by Gasteiger charge is -2.41. The van der Waals surface area contributed by atoms with Crippen molar-refractivity contribution < 1.29 is 13.5 Å². The van der Waals surface area contributed by atoms with E-state index in [1.165, 1.54) is 11.6 Å². The van der Waals surface area contributed by atoms with Crippen molar-refractivity contribution in [2.24, 2.45) is 0 Å². The Balaban J connectivity index is 0.00000208. The topological polar surface area (TPSA) is 12.5 Å². The Morgan fingerprint density at radius 1 is 1.12 bits per heavy atom. The maximum atomic E-state index is 13.6. The summed E-state index contributed by atoms with van der Waals surface area (Å²) in [5.41, 5.74) is 0.975. The first-order valence-corrected chi connectivity index (χ1v) is 7.62. The zero-order valence-corrected chi connectivity index (χ0v) is 14.1. The van der Waals surface area contributed by atoms with E-state index in [2.05, 4.69) is 23.6 Å². The molecule has 0 saturated carbocycles. The molecule has 1 fully saturated rings. The van der Waals surface area contributed by atoms with Gasteiger partial charge >= 0.3 is 0 Å². The van der Waals surface area contributed by atoms with Crippen LogP contribution in [0, 0.1) is 11.6 Å². The van der Waals surface area contributed by atoms with Crippen LogP contribution in [0.5, 0.6) is 0 Å². The highest BCUT2D eigenvalue weighted by Gasteiger charge is 2.36. The van der Waals surface area contributed by atoms with E-state index < -0.39 is 17.2 Å². The second-order valence-corrected chi connectivity index (χ2v) is 5.77. The zero-order valence-electron chi connectivity index (χ0n) is 13.3. The normalized spacial score (nSPS) is 21.1. The molecule has 0 bridgehead atoms. The fraction of sp³-hybridized carbons (Fsp3) is 0.263. The molecule has 0 N–H and O–H groups in total. The summed E-state index contributed by atoms with van der Waals surface area (Å²) in [6, 6.07) is 14.0. The molecule has 128 valence electrons. The molecule has 1 heterocycles. The quantitative estimate of drug-likeness (QED) is 0.761. The van der Waals surface area contributed by atoms with E-state index in [1.807, 2.05) is 18.2 Å². The van der Waals surface area contributed by atoms with Gasteiger partial charge in [0, 0.05) is 19.6 Å². The van der Waals surface area contributed by atoms with Crippen molar-refractivity contribution in [1.82, 2.24) is 4.90 Å². The van der Waals surface area contributed by atoms with Crippen LogP contribution in [-0.4, -0.2) is 24.6 Å². The van der Waals surface area contributed by atoms with Crippen LogP contribution in [0.15, 0.2) is 61.2 Å². The number of hydrogen-bond acceptors (Lipinski definition) is 2. The minimum atomic E-state index is -0.868. The van der Waals surface area contributed by atoms with Crippen LogP contribution in [-0.2, 0) is 16.9 Å². The van der Waals surface area contributed by atoms with E-state index in [9.17, 15) is 8.78 Å². The van der Waals surface area contributed by atoms with E-state index in [1.54, 1.807) is 12.1 Å². The number of rotatable bonds is 4. The molecular weight excluding hydrogens is 332 g/mol. The van der Waals surface area contributed by atoms with Gasteiger partial charge in [-0.05, 0) is 23.3 Å². The van der Waals surface area contributed by atoms with Crippen molar-refractivity contribution in [3.63, 3.8) is 0 Å². The summed E-state index contributed by atoms with van der Waals surface area (Å²) >= 11 is 0. The fourth-order valence-corrected chi connectivity index (χ4v) is 2.97. The van der Waals surface area contributed by atoms with Gasteiger partial charge in [-0.15, -0.1) is 12.4 Å². The molecule has 2 aromatic rings. The van der Waals surface area contributed by atoms with Crippen molar-refractivity contribution in [3.05, 3.63) is 83.9 Å². The summed E-state index contributed by atoms with van der Waals surface area (Å²) in [5.74, 6) is -1.72. The Hall–Kier alpha value is -1.75. The van der Waals surface area contributed by atoms with Crippen LogP contribution in [0.3, 0.4) is 0 Å². The van der Waals surface area contributed by atoms with E-state index in [4.69, 9.17) is 4.74 Å². The molecule has 1 aliphatic rings. The Morgan fingerprint density at radius 3 is 2.54 bits per heavy atom. The maximum absolute atomic E-state index is 13.6. The maximum Gasteiger partial charge on any atom is 0.159 e. The van der Waals surface area contributed by atoms with Gasteiger partial charge in [-0.3, -0.25) is 4.90 Å². The second-order valence-electron chi connectivity index (χ2n) is 5.77. The Morgan fingerprint density at radius 2 is 1.88 bits per heavy atom. The van der Waals surface area contributed by atoms with Gasteiger partial charge in [-0.1, -0.05) is 49.1 Å². The molecule has 3 rings (SSSR count). The molecule has 1 aliphatic heterocycles. The van der Waals surface area contributed by atoms with Crippen LogP contribution >= 0.6 is 12.4 Å². The summed E-state index contributed by atoms with van der Waals surface area (Å²) < 4.78 is 32.7. The molecule has 0 aliphatic carbocycles. The van der Waals surface area contributed by atoms with Crippen molar-refractivity contribution in [2.75, 3.05) is 19.7 Å². The summed E-state index contributed by atoms with van der Waals surface area (Å²) in [5, 5.41) is 0. The molecule has 5 heteroatoms. The highest BCUT2D eigenvalue weighted by Crippen LogP contribution is 2.32. The Labute approximate surface area is 147 Å². The SMILES string of the molecule is C=C[C@@]1(c2ccc(F)c(F)c2)CN(Cc2ccccc2)CCO1.Cl. The number of benzene rings is 2. The van der Waals surface area contributed by atoms with E-state index in [-0.39, 0.29) is 12.4 Å². The molecule has 0 unspecified atom stereocenters. The third-order valence-electron chi connectivity index (χ3n) is 4.21. The van der Waals surface area contributed by atoms with Crippen molar-refractivity contribution >= 4 is 12.4 Å². The zero-order chi connectivity index (χ0) is 16.3. The van der Waals surface area contributed by atoms with Gasteiger partial charge < -0.3 is 4.74 Å². The number of morpholine rings is 1. The molecule has 1 saturated heterocycles. The second kappa shape index (κ2) is 7.88. The molecule has 2 aromatic carbocycles. The van der Waals surface area contributed by atoms with Gasteiger partial charge in [0.2, 0.25) is 0 Å². The lowest BCUT2D eigenvalue weighted by molar-refractivity contribution is -0.0858. The third-order valence-corrected chi connectivity index (χ3v) is 4.21. The van der Waals surface area contributed by atoms with Gasteiger partial charge in [0.15, 0.2) is 11.6 Å². The average molecular weight is 352 g/mol. The van der Waals surface area contributed by atoms with E-state index in [0.29, 0.717) is 18.7 Å². The molecule has 0 spiro atoms. The van der Waals surface area contributed by atoms with Crippen molar-refractivity contribution in [1.29, 1.82) is 0 Å². The van der Waals surface area contributed by atoms with Crippen LogP contribution in [0.1, 0.15) is 11.1 Å². The lowest BCUT2D eigenvalue weighted by Crippen LogP contribution is -2.48. The summed E-state index contributed by atoms with van der Waals surface area (Å²) in [7, 11) is 0. The number of ether oxygens (including phenoxy) is 1. The average Bonchev–Trinajstić information content (AvgIpc) is 2.58. The van der Waals surface area contributed by atoms with Crippen LogP contribution in [0.2, 0.25) is 0 Å². The van der Waals surface area contributed by atoms with Crippen LogP contribution in [0.4, 0.5) is 8.78 Å². The first-order valence-electron chi connectivity index (χ1n) is 7.62. The highest BCUT2D eigenvalue weighted by molar-refractivity contribution is 5.85. The lowest BCUT2D eigenvalue weighted by atomic mass is 9.91. The largest absolute Gasteiger partial charge is 0.363 e. The predicted molar refractivity (Wildman–Crippen MR) is 93.2 cm³/mol. The van der Waals surface area contributed by atoms with Gasteiger partial charge in [-0.2, -0.15) is 0 Å². The third kappa shape index (κ3) is 3.83. The van der Waals surface area contributed by atoms with Crippen molar-refractivity contribution in [3.8, 4) is 0 Å². The highest BCUT2D eigenvalue weighted by atomic mass is 35.5. The number of nitrogens with zero attached hydrogens (tertiary/aromatic N) is 1. The minimum absolute atomic E-state index is 0. The van der Waals surface area contributed by atoms with E-state index in [0.717, 1.165) is 19.2 Å². The minimum Gasteiger partial charge on any atom is -0.363 e. The molecule has 0 radical (unpaired) electrons. The summed E-state index contributed by atoms with van der Waals surface area (Å²) in [6.45, 7) is 6.49. The summed E-state index contributed by atoms with van der Waals surface area (Å²) in [4.78, 5) is 2.24. The Kier molecular flexibility index (Phi) is 6.10. The van der Waals surface area contributed by atoms with Crippen molar-refractivity contribution in [2.45, 2.75) is 12.1 Å². The molecule has 24 heavy (non-hydrogen) atoms.